The fraction of sp³-hybridized carbons (Fsp3) is 1.00. The molecule has 0 aromatic heterocycles. The molecule has 0 spiro atoms. The van der Waals surface area contributed by atoms with Crippen LogP contribution in [0.3, 0.4) is 0 Å². The van der Waals surface area contributed by atoms with Gasteiger partial charge in [0.15, 0.2) is 0 Å². The maximum atomic E-state index is 2.36. The van der Waals surface area contributed by atoms with Gasteiger partial charge in [-0.25, -0.2) is 0 Å². The van der Waals surface area contributed by atoms with Crippen LogP contribution in [-0.4, -0.2) is 32.2 Å². The van der Waals surface area contributed by atoms with Gasteiger partial charge in [0, 0.05) is 5.92 Å². The molecule has 0 atom stereocenters. The molecule has 0 unspecified atom stereocenters. The van der Waals surface area contributed by atoms with Crippen molar-refractivity contribution < 1.29 is 4.48 Å². The summed E-state index contributed by atoms with van der Waals surface area (Å²) in [5.41, 5.74) is 0.785. The van der Waals surface area contributed by atoms with Gasteiger partial charge < -0.3 is 4.48 Å². The number of rotatable bonds is 2. The second kappa shape index (κ2) is 3.84. The zero-order chi connectivity index (χ0) is 11.8. The first-order chi connectivity index (χ1) is 5.84. The highest BCUT2D eigenvalue weighted by Gasteiger charge is 2.38. The van der Waals surface area contributed by atoms with E-state index in [1.54, 1.807) is 0 Å². The zero-order valence-electron chi connectivity index (χ0n) is 11.7. The first-order valence-corrected chi connectivity index (χ1v) is 5.64. The lowest BCUT2D eigenvalue weighted by molar-refractivity contribution is -0.875. The molecule has 0 saturated carbocycles. The van der Waals surface area contributed by atoms with E-state index in [1.165, 1.54) is 6.54 Å². The third-order valence-electron chi connectivity index (χ3n) is 2.82. The molecule has 14 heavy (non-hydrogen) atoms. The minimum absolute atomic E-state index is 0.393. The Morgan fingerprint density at radius 3 is 1.14 bits per heavy atom. The van der Waals surface area contributed by atoms with Crippen molar-refractivity contribution in [2.75, 3.05) is 27.7 Å². The summed E-state index contributed by atoms with van der Waals surface area (Å²) in [4.78, 5) is 0. The van der Waals surface area contributed by atoms with Gasteiger partial charge in [-0.05, 0) is 10.8 Å². The normalized spacial score (nSPS) is 15.0. The number of quaternary nitrogens is 1. The van der Waals surface area contributed by atoms with Gasteiger partial charge in [0.05, 0.1) is 27.7 Å². The molecule has 0 bridgehead atoms. The SMILES string of the molecule is CC(C)(C)C(C[N+](C)(C)C)C(C)(C)C. The molecule has 0 rings (SSSR count). The van der Waals surface area contributed by atoms with Crippen molar-refractivity contribution in [3.63, 3.8) is 0 Å². The van der Waals surface area contributed by atoms with E-state index in [0.717, 1.165) is 10.4 Å². The van der Waals surface area contributed by atoms with Gasteiger partial charge in [-0.1, -0.05) is 41.5 Å². The second-order valence-electron chi connectivity index (χ2n) is 7.76. The molecule has 0 amide bonds. The van der Waals surface area contributed by atoms with Crippen LogP contribution in [0.5, 0.6) is 0 Å². The van der Waals surface area contributed by atoms with E-state index in [9.17, 15) is 0 Å². The Kier molecular flexibility index (Phi) is 3.83. The second-order valence-corrected chi connectivity index (χ2v) is 7.76. The minimum Gasteiger partial charge on any atom is -0.331 e. The van der Waals surface area contributed by atoms with E-state index >= 15 is 0 Å². The van der Waals surface area contributed by atoms with Gasteiger partial charge in [0.1, 0.15) is 0 Å². The molecule has 0 aromatic rings. The molecule has 0 aliphatic heterocycles. The molecule has 86 valence electrons. The van der Waals surface area contributed by atoms with Gasteiger partial charge in [-0.3, -0.25) is 0 Å². The van der Waals surface area contributed by atoms with E-state index in [2.05, 4.69) is 62.7 Å². The van der Waals surface area contributed by atoms with Crippen molar-refractivity contribution in [3.8, 4) is 0 Å². The Hall–Kier alpha value is -0.0400. The third kappa shape index (κ3) is 4.99. The van der Waals surface area contributed by atoms with Crippen molar-refractivity contribution in [2.24, 2.45) is 16.7 Å². The molecule has 0 aliphatic rings. The average Bonchev–Trinajstić information content (AvgIpc) is 1.75. The van der Waals surface area contributed by atoms with Gasteiger partial charge in [-0.2, -0.15) is 0 Å². The molecule has 0 fully saturated rings. The van der Waals surface area contributed by atoms with Crippen LogP contribution in [0.25, 0.3) is 0 Å². The van der Waals surface area contributed by atoms with E-state index in [1.807, 2.05) is 0 Å². The van der Waals surface area contributed by atoms with Crippen molar-refractivity contribution in [2.45, 2.75) is 41.5 Å². The monoisotopic (exact) mass is 200 g/mol. The first kappa shape index (κ1) is 14.0. The van der Waals surface area contributed by atoms with Crippen LogP contribution in [0.1, 0.15) is 41.5 Å². The van der Waals surface area contributed by atoms with Crippen molar-refractivity contribution in [1.29, 1.82) is 0 Å². The van der Waals surface area contributed by atoms with Crippen molar-refractivity contribution >= 4 is 0 Å². The Bertz CT molecular complexity index is 159. The molecule has 0 aromatic carbocycles. The van der Waals surface area contributed by atoms with Crippen LogP contribution >= 0.6 is 0 Å². The quantitative estimate of drug-likeness (QED) is 0.599. The van der Waals surface area contributed by atoms with Crippen molar-refractivity contribution in [3.05, 3.63) is 0 Å². The Morgan fingerprint density at radius 1 is 0.786 bits per heavy atom. The van der Waals surface area contributed by atoms with Crippen molar-refractivity contribution in [1.82, 2.24) is 0 Å². The van der Waals surface area contributed by atoms with Gasteiger partial charge in [-0.15, -0.1) is 0 Å². The highest BCUT2D eigenvalue weighted by atomic mass is 15.3. The first-order valence-electron chi connectivity index (χ1n) is 5.64. The van der Waals surface area contributed by atoms with Crippen LogP contribution < -0.4 is 0 Å². The summed E-state index contributed by atoms with van der Waals surface area (Å²) < 4.78 is 1.05. The summed E-state index contributed by atoms with van der Waals surface area (Å²) in [6, 6.07) is 0. The summed E-state index contributed by atoms with van der Waals surface area (Å²) in [6.07, 6.45) is 0. The molecule has 0 aliphatic carbocycles. The largest absolute Gasteiger partial charge is 0.331 e. The van der Waals surface area contributed by atoms with E-state index in [-0.39, 0.29) is 0 Å². The lowest BCUT2D eigenvalue weighted by Gasteiger charge is -2.43. The molecule has 0 N–H and O–H groups in total. The highest BCUT2D eigenvalue weighted by molar-refractivity contribution is 4.83. The van der Waals surface area contributed by atoms with Crippen LogP contribution in [0.15, 0.2) is 0 Å². The fourth-order valence-corrected chi connectivity index (χ4v) is 2.39. The maximum Gasteiger partial charge on any atom is 0.0819 e. The summed E-state index contributed by atoms with van der Waals surface area (Å²) in [6.45, 7) is 15.4. The molecule has 0 heterocycles. The third-order valence-corrected chi connectivity index (χ3v) is 2.82. The summed E-state index contributed by atoms with van der Waals surface area (Å²) in [7, 11) is 6.85. The Morgan fingerprint density at radius 2 is 1.07 bits per heavy atom. The standard InChI is InChI=1S/C13H30N/c1-12(2,3)11(13(4,5)6)10-14(7,8)9/h11H,10H2,1-9H3/q+1. The summed E-state index contributed by atoms with van der Waals surface area (Å²) >= 11 is 0. The topological polar surface area (TPSA) is 0 Å². The van der Waals surface area contributed by atoms with Crippen LogP contribution in [-0.2, 0) is 0 Å². The van der Waals surface area contributed by atoms with E-state index < -0.39 is 0 Å². The number of nitrogens with zero attached hydrogens (tertiary/aromatic N) is 1. The lowest BCUT2D eigenvalue weighted by atomic mass is 9.66. The highest BCUT2D eigenvalue weighted by Crippen LogP contribution is 2.40. The fourth-order valence-electron chi connectivity index (χ4n) is 2.39. The van der Waals surface area contributed by atoms with Crippen LogP contribution in [0, 0.1) is 16.7 Å². The van der Waals surface area contributed by atoms with Gasteiger partial charge in [0.25, 0.3) is 0 Å². The Labute approximate surface area is 91.1 Å². The lowest BCUT2D eigenvalue weighted by Crippen LogP contribution is -2.47. The van der Waals surface area contributed by atoms with Gasteiger partial charge in [0.2, 0.25) is 0 Å². The molecule has 1 nitrogen and oxygen atoms in total. The number of hydrogen-bond acceptors (Lipinski definition) is 0. The maximum absolute atomic E-state index is 2.36. The predicted octanol–water partition coefficient (Wildman–Crippen LogP) is 3.40. The average molecular weight is 200 g/mol. The summed E-state index contributed by atoms with van der Waals surface area (Å²) in [5.74, 6) is 0.745. The van der Waals surface area contributed by atoms with Crippen LogP contribution in [0.2, 0.25) is 0 Å². The molecular formula is C13H30N+. The molecule has 0 radical (unpaired) electrons. The number of hydrogen-bond donors (Lipinski definition) is 0. The van der Waals surface area contributed by atoms with Crippen LogP contribution in [0.4, 0.5) is 0 Å². The Balaban J connectivity index is 4.78. The molecule has 1 heteroatoms. The zero-order valence-corrected chi connectivity index (χ0v) is 11.7. The summed E-state index contributed by atoms with van der Waals surface area (Å²) in [5, 5.41) is 0. The smallest absolute Gasteiger partial charge is 0.0819 e. The molecular weight excluding hydrogens is 170 g/mol. The molecule has 0 saturated heterocycles. The van der Waals surface area contributed by atoms with Gasteiger partial charge >= 0.3 is 0 Å². The van der Waals surface area contributed by atoms with E-state index in [0.29, 0.717) is 10.8 Å². The predicted molar refractivity (Wildman–Crippen MR) is 65.3 cm³/mol. The van der Waals surface area contributed by atoms with E-state index in [4.69, 9.17) is 0 Å². The minimum atomic E-state index is 0.393.